The lowest BCUT2D eigenvalue weighted by molar-refractivity contribution is -0.117. The quantitative estimate of drug-likeness (QED) is 0.217. The lowest BCUT2D eigenvalue weighted by Gasteiger charge is -2.16. The van der Waals surface area contributed by atoms with Crippen molar-refractivity contribution in [3.8, 4) is 5.75 Å². The van der Waals surface area contributed by atoms with Gasteiger partial charge in [-0.2, -0.15) is 0 Å². The van der Waals surface area contributed by atoms with Crippen LogP contribution in [0.1, 0.15) is 48.3 Å². The summed E-state index contributed by atoms with van der Waals surface area (Å²) in [4.78, 5) is 17.4. The summed E-state index contributed by atoms with van der Waals surface area (Å²) in [6, 6.07) is 24.0. The second-order valence-corrected chi connectivity index (χ2v) is 8.91. The van der Waals surface area contributed by atoms with E-state index in [0.29, 0.717) is 6.61 Å². The van der Waals surface area contributed by atoms with E-state index in [2.05, 4.69) is 48.0 Å². The third-order valence-electron chi connectivity index (χ3n) is 6.03. The van der Waals surface area contributed by atoms with Crippen LogP contribution in [0.25, 0.3) is 17.1 Å². The van der Waals surface area contributed by atoms with Crippen LogP contribution >= 0.6 is 0 Å². The second-order valence-electron chi connectivity index (χ2n) is 8.91. The van der Waals surface area contributed by atoms with Gasteiger partial charge in [0.25, 0.3) is 0 Å². The minimum absolute atomic E-state index is 0.137. The number of benzene rings is 3. The fourth-order valence-electron chi connectivity index (χ4n) is 4.14. The minimum atomic E-state index is -0.221. The summed E-state index contributed by atoms with van der Waals surface area (Å²) >= 11 is 0. The Hall–Kier alpha value is -3.86. The predicted molar refractivity (Wildman–Crippen MR) is 142 cm³/mol. The number of unbranched alkanes of at least 4 members (excludes halogenated alkanes) is 1. The van der Waals surface area contributed by atoms with E-state index in [1.165, 1.54) is 5.56 Å². The lowest BCUT2D eigenvalue weighted by atomic mass is 10.1. The van der Waals surface area contributed by atoms with Gasteiger partial charge in [-0.15, -0.1) is 0 Å². The van der Waals surface area contributed by atoms with E-state index in [9.17, 15) is 4.79 Å². The topological polar surface area (TPSA) is 56.1 Å². The summed E-state index contributed by atoms with van der Waals surface area (Å²) in [5.41, 5.74) is 5.37. The van der Waals surface area contributed by atoms with Crippen molar-refractivity contribution in [1.82, 2.24) is 14.9 Å². The van der Waals surface area contributed by atoms with Gasteiger partial charge in [0.15, 0.2) is 0 Å². The number of ether oxygens (including phenoxy) is 1. The number of nitrogens with one attached hydrogen (secondary N) is 1. The zero-order valence-corrected chi connectivity index (χ0v) is 20.7. The summed E-state index contributed by atoms with van der Waals surface area (Å²) in [7, 11) is 0. The summed E-state index contributed by atoms with van der Waals surface area (Å²) < 4.78 is 8.25. The van der Waals surface area contributed by atoms with Crippen LogP contribution in [0, 0.1) is 13.8 Å². The molecule has 0 radical (unpaired) electrons. The predicted octanol–water partition coefficient (Wildman–Crippen LogP) is 6.40. The molecule has 4 aromatic rings. The summed E-state index contributed by atoms with van der Waals surface area (Å²) in [5, 5.41) is 3.07. The van der Waals surface area contributed by atoms with Crippen molar-refractivity contribution in [1.29, 1.82) is 0 Å². The number of hydrogen-bond donors (Lipinski definition) is 1. The fourth-order valence-corrected chi connectivity index (χ4v) is 4.14. The number of imidazole rings is 1. The monoisotopic (exact) mass is 467 g/mol. The number of hydrogen-bond acceptors (Lipinski definition) is 3. The van der Waals surface area contributed by atoms with Crippen LogP contribution < -0.4 is 10.1 Å². The average molecular weight is 468 g/mol. The van der Waals surface area contributed by atoms with Crippen molar-refractivity contribution in [3.05, 3.63) is 101 Å². The van der Waals surface area contributed by atoms with Crippen LogP contribution in [-0.4, -0.2) is 22.1 Å². The first kappa shape index (κ1) is 24.3. The van der Waals surface area contributed by atoms with Crippen molar-refractivity contribution in [2.75, 3.05) is 6.61 Å². The molecule has 1 heterocycles. The molecular formula is C30H33N3O2. The van der Waals surface area contributed by atoms with E-state index in [4.69, 9.17) is 9.72 Å². The van der Waals surface area contributed by atoms with Crippen LogP contribution in [0.2, 0.25) is 0 Å². The molecule has 1 N–H and O–H groups in total. The Morgan fingerprint density at radius 3 is 2.63 bits per heavy atom. The first-order valence-corrected chi connectivity index (χ1v) is 12.2. The number of carbonyl (C=O) groups is 1. The van der Waals surface area contributed by atoms with Crippen molar-refractivity contribution in [3.63, 3.8) is 0 Å². The molecule has 4 rings (SSSR count). The standard InChI is InChI=1S/C30H33N3O2/c1-22-15-16-23(2)28(21-22)35-20-10-9-19-33-27-14-8-7-13-26(27)32-30(33)24(3)31-29(34)18-17-25-11-5-4-6-12-25/h4-8,11-18,21,24H,9-10,19-20H2,1-3H3,(H,31,34)/b18-17-. The maximum absolute atomic E-state index is 12.6. The van der Waals surface area contributed by atoms with E-state index >= 15 is 0 Å². The number of amides is 1. The third-order valence-corrected chi connectivity index (χ3v) is 6.03. The molecule has 35 heavy (non-hydrogen) atoms. The summed E-state index contributed by atoms with van der Waals surface area (Å²) in [6.07, 6.45) is 5.27. The Bertz CT molecular complexity index is 1310. The Morgan fingerprint density at radius 2 is 1.80 bits per heavy atom. The van der Waals surface area contributed by atoms with Crippen LogP contribution in [0.3, 0.4) is 0 Å². The number of aryl methyl sites for hydroxylation is 3. The number of para-hydroxylation sites is 2. The lowest BCUT2D eigenvalue weighted by Crippen LogP contribution is -2.27. The highest BCUT2D eigenvalue weighted by Gasteiger charge is 2.17. The van der Waals surface area contributed by atoms with Crippen molar-refractivity contribution < 1.29 is 9.53 Å². The van der Waals surface area contributed by atoms with E-state index in [1.54, 1.807) is 6.08 Å². The maximum Gasteiger partial charge on any atom is 0.244 e. The maximum atomic E-state index is 12.6. The number of rotatable bonds is 10. The SMILES string of the molecule is Cc1ccc(C)c(OCCCCn2c(C(C)NC(=O)/C=C\c3ccccc3)nc3ccccc32)c1. The normalized spacial score (nSPS) is 12.2. The van der Waals surface area contributed by atoms with Gasteiger partial charge in [-0.05, 0) is 74.6 Å². The van der Waals surface area contributed by atoms with Gasteiger partial charge >= 0.3 is 0 Å². The number of carbonyl (C=O) groups excluding carboxylic acids is 1. The molecule has 180 valence electrons. The molecule has 0 spiro atoms. The molecule has 0 saturated carbocycles. The molecule has 0 fully saturated rings. The zero-order valence-electron chi connectivity index (χ0n) is 20.7. The molecule has 0 saturated heterocycles. The largest absolute Gasteiger partial charge is 0.493 e. The van der Waals surface area contributed by atoms with Crippen LogP contribution in [0.5, 0.6) is 5.75 Å². The molecule has 0 aliphatic rings. The van der Waals surface area contributed by atoms with Gasteiger partial charge in [-0.1, -0.05) is 54.6 Å². The summed E-state index contributed by atoms with van der Waals surface area (Å²) in [5.74, 6) is 1.68. The first-order chi connectivity index (χ1) is 17.0. The van der Waals surface area contributed by atoms with E-state index in [1.807, 2.05) is 61.5 Å². The fraction of sp³-hybridized carbons (Fsp3) is 0.267. The number of fused-ring (bicyclic) bond motifs is 1. The Kier molecular flexibility index (Phi) is 7.99. The van der Waals surface area contributed by atoms with Crippen LogP contribution in [-0.2, 0) is 11.3 Å². The average Bonchev–Trinajstić information content (AvgIpc) is 3.24. The highest BCUT2D eigenvalue weighted by atomic mass is 16.5. The molecule has 0 bridgehead atoms. The van der Waals surface area contributed by atoms with Crippen LogP contribution in [0.15, 0.2) is 78.9 Å². The first-order valence-electron chi connectivity index (χ1n) is 12.2. The molecule has 1 atom stereocenters. The van der Waals surface area contributed by atoms with E-state index in [0.717, 1.165) is 53.1 Å². The molecule has 3 aromatic carbocycles. The van der Waals surface area contributed by atoms with Gasteiger partial charge in [0.05, 0.1) is 23.7 Å². The highest BCUT2D eigenvalue weighted by Crippen LogP contribution is 2.22. The second kappa shape index (κ2) is 11.5. The minimum Gasteiger partial charge on any atom is -0.493 e. The van der Waals surface area contributed by atoms with Gasteiger partial charge in [-0.3, -0.25) is 4.79 Å². The molecule has 1 aromatic heterocycles. The van der Waals surface area contributed by atoms with E-state index in [-0.39, 0.29) is 11.9 Å². The highest BCUT2D eigenvalue weighted by molar-refractivity contribution is 5.92. The Balaban J connectivity index is 1.39. The molecule has 0 aliphatic carbocycles. The van der Waals surface area contributed by atoms with Gasteiger partial charge in [0.1, 0.15) is 11.6 Å². The molecule has 0 aliphatic heterocycles. The van der Waals surface area contributed by atoms with Gasteiger partial charge in [0, 0.05) is 12.6 Å². The molecular weight excluding hydrogens is 434 g/mol. The van der Waals surface area contributed by atoms with Gasteiger partial charge < -0.3 is 14.6 Å². The number of nitrogens with zero attached hydrogens (tertiary/aromatic N) is 2. The molecule has 1 unspecified atom stereocenters. The van der Waals surface area contributed by atoms with Crippen molar-refractivity contribution in [2.24, 2.45) is 0 Å². The molecule has 1 amide bonds. The third kappa shape index (κ3) is 6.38. The Morgan fingerprint density at radius 1 is 1.03 bits per heavy atom. The Labute approximate surface area is 207 Å². The molecule has 5 heteroatoms. The zero-order chi connectivity index (χ0) is 24.6. The van der Waals surface area contributed by atoms with E-state index < -0.39 is 0 Å². The smallest absolute Gasteiger partial charge is 0.244 e. The molecule has 5 nitrogen and oxygen atoms in total. The van der Waals surface area contributed by atoms with Crippen molar-refractivity contribution in [2.45, 2.75) is 46.2 Å². The van der Waals surface area contributed by atoms with Gasteiger partial charge in [0.2, 0.25) is 5.91 Å². The number of aromatic nitrogens is 2. The van der Waals surface area contributed by atoms with Crippen molar-refractivity contribution >= 4 is 23.0 Å². The van der Waals surface area contributed by atoms with Gasteiger partial charge in [-0.25, -0.2) is 4.98 Å². The van der Waals surface area contributed by atoms with Crippen LogP contribution in [0.4, 0.5) is 0 Å². The summed E-state index contributed by atoms with van der Waals surface area (Å²) in [6.45, 7) is 7.61.